The number of anilines is 1. The van der Waals surface area contributed by atoms with Crippen LogP contribution < -0.4 is 10.1 Å². The number of hydrogen-bond acceptors (Lipinski definition) is 3. The number of para-hydroxylation sites is 1. The smallest absolute Gasteiger partial charge is 0.228 e. The van der Waals surface area contributed by atoms with E-state index in [2.05, 4.69) is 5.32 Å². The molecule has 4 heteroatoms. The minimum Gasteiger partial charge on any atom is -0.497 e. The van der Waals surface area contributed by atoms with Crippen molar-refractivity contribution in [2.24, 2.45) is 0 Å². The van der Waals surface area contributed by atoms with E-state index >= 15 is 0 Å². The van der Waals surface area contributed by atoms with Gasteiger partial charge in [-0.25, -0.2) is 0 Å². The highest BCUT2D eigenvalue weighted by molar-refractivity contribution is 5.96. The van der Waals surface area contributed by atoms with E-state index in [1.807, 2.05) is 49.4 Å². The van der Waals surface area contributed by atoms with Gasteiger partial charge in [0.2, 0.25) is 5.91 Å². The quantitative estimate of drug-likeness (QED) is 0.793. The molecule has 0 unspecified atom stereocenters. The molecule has 2 aromatic carbocycles. The number of rotatable bonds is 4. The highest BCUT2D eigenvalue weighted by Crippen LogP contribution is 2.26. The lowest BCUT2D eigenvalue weighted by atomic mass is 10.1. The molecule has 0 saturated heterocycles. The second-order valence-electron chi connectivity index (χ2n) is 5.16. The van der Waals surface area contributed by atoms with Gasteiger partial charge >= 0.3 is 0 Å². The van der Waals surface area contributed by atoms with Crippen molar-refractivity contribution in [1.82, 2.24) is 0 Å². The van der Waals surface area contributed by atoms with Gasteiger partial charge in [0, 0.05) is 16.6 Å². The van der Waals surface area contributed by atoms with Crippen LogP contribution in [0.25, 0.3) is 11.0 Å². The summed E-state index contributed by atoms with van der Waals surface area (Å²) in [5, 5.41) is 3.83. The number of aryl methyl sites for hydroxylation is 1. The number of carbonyl (C=O) groups is 1. The van der Waals surface area contributed by atoms with Crippen molar-refractivity contribution in [3.05, 3.63) is 59.9 Å². The van der Waals surface area contributed by atoms with Crippen LogP contribution in [0.5, 0.6) is 5.75 Å². The summed E-state index contributed by atoms with van der Waals surface area (Å²) in [6, 6.07) is 13.3. The first-order valence-electron chi connectivity index (χ1n) is 7.07. The first kappa shape index (κ1) is 14.2. The highest BCUT2D eigenvalue weighted by Gasteiger charge is 2.12. The SMILES string of the molecule is COc1ccc2occ(CC(=O)Nc3ccccc3C)c2c1. The van der Waals surface area contributed by atoms with Crippen LogP contribution in [0.15, 0.2) is 53.1 Å². The van der Waals surface area contributed by atoms with Crippen LogP contribution in [0.1, 0.15) is 11.1 Å². The Bertz CT molecular complexity index is 820. The Morgan fingerprint density at radius 1 is 1.23 bits per heavy atom. The maximum atomic E-state index is 12.2. The lowest BCUT2D eigenvalue weighted by Gasteiger charge is -2.07. The number of ether oxygens (including phenoxy) is 1. The molecule has 1 N–H and O–H groups in total. The van der Waals surface area contributed by atoms with E-state index in [1.165, 1.54) is 0 Å². The number of hydrogen-bond donors (Lipinski definition) is 1. The average Bonchev–Trinajstić information content (AvgIpc) is 2.91. The Kier molecular flexibility index (Phi) is 3.83. The molecule has 0 spiro atoms. The van der Waals surface area contributed by atoms with E-state index in [0.717, 1.165) is 33.5 Å². The molecule has 4 nitrogen and oxygen atoms in total. The van der Waals surface area contributed by atoms with Gasteiger partial charge in [-0.3, -0.25) is 4.79 Å². The molecule has 0 aliphatic carbocycles. The second kappa shape index (κ2) is 5.93. The minimum atomic E-state index is -0.0696. The number of benzene rings is 2. The Hall–Kier alpha value is -2.75. The fourth-order valence-electron chi connectivity index (χ4n) is 2.41. The molecule has 0 fully saturated rings. The standard InChI is InChI=1S/C18H17NO3/c1-12-5-3-4-6-16(12)19-18(20)9-13-11-22-17-8-7-14(21-2)10-15(13)17/h3-8,10-11H,9H2,1-2H3,(H,19,20). The number of methoxy groups -OCH3 is 1. The topological polar surface area (TPSA) is 51.5 Å². The molecule has 3 rings (SSSR count). The third-order valence-corrected chi connectivity index (χ3v) is 3.63. The first-order valence-corrected chi connectivity index (χ1v) is 7.07. The van der Waals surface area contributed by atoms with Gasteiger partial charge in [-0.15, -0.1) is 0 Å². The maximum absolute atomic E-state index is 12.2. The van der Waals surface area contributed by atoms with Crippen molar-refractivity contribution in [3.63, 3.8) is 0 Å². The molecule has 0 bridgehead atoms. The van der Waals surface area contributed by atoms with Crippen molar-refractivity contribution in [2.45, 2.75) is 13.3 Å². The zero-order chi connectivity index (χ0) is 15.5. The third-order valence-electron chi connectivity index (χ3n) is 3.63. The summed E-state index contributed by atoms with van der Waals surface area (Å²) >= 11 is 0. The molecule has 1 aromatic heterocycles. The molecular weight excluding hydrogens is 278 g/mol. The Labute approximate surface area is 128 Å². The Morgan fingerprint density at radius 2 is 2.05 bits per heavy atom. The van der Waals surface area contributed by atoms with Crippen LogP contribution >= 0.6 is 0 Å². The first-order chi connectivity index (χ1) is 10.7. The lowest BCUT2D eigenvalue weighted by molar-refractivity contribution is -0.115. The number of nitrogens with one attached hydrogen (secondary N) is 1. The van der Waals surface area contributed by atoms with Gasteiger partial charge in [0.15, 0.2) is 0 Å². The van der Waals surface area contributed by atoms with Gasteiger partial charge in [0.25, 0.3) is 0 Å². The number of carbonyl (C=O) groups excluding carboxylic acids is 1. The second-order valence-corrected chi connectivity index (χ2v) is 5.16. The number of furan rings is 1. The molecule has 0 saturated carbocycles. The minimum absolute atomic E-state index is 0.0696. The van der Waals surface area contributed by atoms with Gasteiger partial charge in [-0.1, -0.05) is 18.2 Å². The summed E-state index contributed by atoms with van der Waals surface area (Å²) in [5.41, 5.74) is 3.46. The van der Waals surface area contributed by atoms with E-state index in [1.54, 1.807) is 13.4 Å². The predicted octanol–water partition coefficient (Wildman–Crippen LogP) is 3.93. The summed E-state index contributed by atoms with van der Waals surface area (Å²) < 4.78 is 10.7. The Balaban J connectivity index is 1.81. The fourth-order valence-corrected chi connectivity index (χ4v) is 2.41. The molecule has 0 atom stereocenters. The summed E-state index contributed by atoms with van der Waals surface area (Å²) in [6.07, 6.45) is 1.88. The van der Waals surface area contributed by atoms with Gasteiger partial charge < -0.3 is 14.5 Å². The van der Waals surface area contributed by atoms with Gasteiger partial charge in [0.1, 0.15) is 11.3 Å². The van der Waals surface area contributed by atoms with E-state index in [4.69, 9.17) is 9.15 Å². The van der Waals surface area contributed by atoms with E-state index in [0.29, 0.717) is 0 Å². The van der Waals surface area contributed by atoms with Crippen molar-refractivity contribution in [3.8, 4) is 5.75 Å². The van der Waals surface area contributed by atoms with Gasteiger partial charge in [-0.05, 0) is 36.8 Å². The highest BCUT2D eigenvalue weighted by atomic mass is 16.5. The largest absolute Gasteiger partial charge is 0.497 e. The van der Waals surface area contributed by atoms with Crippen LogP contribution in [0.3, 0.4) is 0 Å². The molecule has 3 aromatic rings. The number of fused-ring (bicyclic) bond motifs is 1. The lowest BCUT2D eigenvalue weighted by Crippen LogP contribution is -2.14. The molecular formula is C18H17NO3. The summed E-state index contributed by atoms with van der Waals surface area (Å²) in [7, 11) is 1.62. The molecule has 0 aliphatic rings. The maximum Gasteiger partial charge on any atom is 0.228 e. The molecule has 112 valence electrons. The zero-order valence-corrected chi connectivity index (χ0v) is 12.6. The summed E-state index contributed by atoms with van der Waals surface area (Å²) in [4.78, 5) is 12.2. The van der Waals surface area contributed by atoms with Crippen molar-refractivity contribution in [1.29, 1.82) is 0 Å². The van der Waals surface area contributed by atoms with Crippen LogP contribution in [-0.2, 0) is 11.2 Å². The molecule has 22 heavy (non-hydrogen) atoms. The summed E-state index contributed by atoms with van der Waals surface area (Å²) in [6.45, 7) is 1.97. The zero-order valence-electron chi connectivity index (χ0n) is 12.6. The normalized spacial score (nSPS) is 10.6. The third kappa shape index (κ3) is 2.81. The van der Waals surface area contributed by atoms with E-state index in [-0.39, 0.29) is 12.3 Å². The van der Waals surface area contributed by atoms with Crippen LogP contribution in [0.2, 0.25) is 0 Å². The van der Waals surface area contributed by atoms with Crippen molar-refractivity contribution in [2.75, 3.05) is 12.4 Å². The van der Waals surface area contributed by atoms with Crippen LogP contribution in [-0.4, -0.2) is 13.0 Å². The van der Waals surface area contributed by atoms with Crippen LogP contribution in [0.4, 0.5) is 5.69 Å². The molecule has 0 radical (unpaired) electrons. The van der Waals surface area contributed by atoms with E-state index < -0.39 is 0 Å². The van der Waals surface area contributed by atoms with E-state index in [9.17, 15) is 4.79 Å². The Morgan fingerprint density at radius 3 is 2.82 bits per heavy atom. The van der Waals surface area contributed by atoms with Gasteiger partial charge in [-0.2, -0.15) is 0 Å². The predicted molar refractivity (Wildman–Crippen MR) is 86.3 cm³/mol. The van der Waals surface area contributed by atoms with Crippen LogP contribution in [0, 0.1) is 6.92 Å². The van der Waals surface area contributed by atoms with Gasteiger partial charge in [0.05, 0.1) is 19.8 Å². The van der Waals surface area contributed by atoms with Crippen molar-refractivity contribution < 1.29 is 13.9 Å². The number of amides is 1. The van der Waals surface area contributed by atoms with Crippen molar-refractivity contribution >= 4 is 22.6 Å². The molecule has 0 aliphatic heterocycles. The average molecular weight is 295 g/mol. The molecule has 1 amide bonds. The monoisotopic (exact) mass is 295 g/mol. The molecule has 1 heterocycles. The summed E-state index contributed by atoms with van der Waals surface area (Å²) in [5.74, 6) is 0.675. The fraction of sp³-hybridized carbons (Fsp3) is 0.167.